The summed E-state index contributed by atoms with van der Waals surface area (Å²) in [4.78, 5) is 8.62. The summed E-state index contributed by atoms with van der Waals surface area (Å²) >= 11 is 0. The normalized spacial score (nSPS) is 16.6. The number of rotatable bonds is 5. The van der Waals surface area contributed by atoms with Gasteiger partial charge in [0.05, 0.1) is 0 Å². The number of hydrogen-bond acceptors (Lipinski definition) is 4. The van der Waals surface area contributed by atoms with E-state index in [2.05, 4.69) is 45.5 Å². The van der Waals surface area contributed by atoms with Crippen LogP contribution in [0, 0.1) is 0 Å². The fourth-order valence-corrected chi connectivity index (χ4v) is 4.02. The fourth-order valence-electron chi connectivity index (χ4n) is 4.02. The quantitative estimate of drug-likeness (QED) is 0.662. The van der Waals surface area contributed by atoms with E-state index < -0.39 is 0 Å². The molecule has 1 aromatic carbocycles. The predicted octanol–water partition coefficient (Wildman–Crippen LogP) is 4.97. The van der Waals surface area contributed by atoms with Crippen molar-refractivity contribution in [2.75, 3.05) is 0 Å². The molecule has 0 saturated heterocycles. The molecule has 1 aliphatic carbocycles. The zero-order chi connectivity index (χ0) is 17.0. The first-order valence-electron chi connectivity index (χ1n) is 9.14. The highest BCUT2D eigenvalue weighted by Gasteiger charge is 2.33. The van der Waals surface area contributed by atoms with Crippen LogP contribution in [0.15, 0.2) is 59.4 Å². The lowest BCUT2D eigenvalue weighted by atomic mass is 9.67. The minimum absolute atomic E-state index is 0.255. The molecule has 128 valence electrons. The van der Waals surface area contributed by atoms with Crippen molar-refractivity contribution in [3.05, 3.63) is 66.3 Å². The number of hydrogen-bond donors (Lipinski definition) is 0. The van der Waals surface area contributed by atoms with Gasteiger partial charge in [0.2, 0.25) is 11.7 Å². The van der Waals surface area contributed by atoms with Gasteiger partial charge < -0.3 is 4.52 Å². The SMILES string of the molecule is c1ccc(C2(CCc3nc(-c4ccncc4)no3)CCCCC2)cc1. The van der Waals surface area contributed by atoms with Crippen LogP contribution in [0.4, 0.5) is 0 Å². The van der Waals surface area contributed by atoms with E-state index >= 15 is 0 Å². The molecule has 0 aliphatic heterocycles. The van der Waals surface area contributed by atoms with Gasteiger partial charge in [0.25, 0.3) is 0 Å². The molecule has 1 saturated carbocycles. The monoisotopic (exact) mass is 333 g/mol. The lowest BCUT2D eigenvalue weighted by molar-refractivity contribution is 0.261. The fraction of sp³-hybridized carbons (Fsp3) is 0.381. The van der Waals surface area contributed by atoms with E-state index in [9.17, 15) is 0 Å². The van der Waals surface area contributed by atoms with Gasteiger partial charge in [-0.15, -0.1) is 0 Å². The molecule has 0 unspecified atom stereocenters. The van der Waals surface area contributed by atoms with Crippen molar-refractivity contribution in [3.8, 4) is 11.4 Å². The summed E-state index contributed by atoms with van der Waals surface area (Å²) in [5.41, 5.74) is 2.66. The predicted molar refractivity (Wildman–Crippen MR) is 97.1 cm³/mol. The Morgan fingerprint density at radius 3 is 2.44 bits per heavy atom. The Morgan fingerprint density at radius 1 is 0.920 bits per heavy atom. The maximum Gasteiger partial charge on any atom is 0.226 e. The van der Waals surface area contributed by atoms with Crippen molar-refractivity contribution in [3.63, 3.8) is 0 Å². The largest absolute Gasteiger partial charge is 0.339 e. The van der Waals surface area contributed by atoms with Crippen LogP contribution in [-0.4, -0.2) is 15.1 Å². The second-order valence-corrected chi connectivity index (χ2v) is 6.95. The van der Waals surface area contributed by atoms with Crippen LogP contribution in [0.3, 0.4) is 0 Å². The Hall–Kier alpha value is -2.49. The molecule has 0 radical (unpaired) electrons. The zero-order valence-corrected chi connectivity index (χ0v) is 14.4. The smallest absolute Gasteiger partial charge is 0.226 e. The third-order valence-electron chi connectivity index (χ3n) is 5.42. The van der Waals surface area contributed by atoms with Gasteiger partial charge in [-0.1, -0.05) is 54.8 Å². The van der Waals surface area contributed by atoms with E-state index in [0.29, 0.717) is 5.82 Å². The minimum atomic E-state index is 0.255. The molecule has 1 fully saturated rings. The van der Waals surface area contributed by atoms with Crippen LogP contribution in [0.2, 0.25) is 0 Å². The van der Waals surface area contributed by atoms with Gasteiger partial charge in [0.1, 0.15) is 0 Å². The molecule has 1 aliphatic rings. The lowest BCUT2D eigenvalue weighted by Gasteiger charge is -2.38. The summed E-state index contributed by atoms with van der Waals surface area (Å²) in [5.74, 6) is 1.38. The zero-order valence-electron chi connectivity index (χ0n) is 14.4. The summed E-state index contributed by atoms with van der Waals surface area (Å²) in [6.45, 7) is 0. The highest BCUT2D eigenvalue weighted by molar-refractivity contribution is 5.52. The Bertz CT molecular complexity index is 792. The highest BCUT2D eigenvalue weighted by atomic mass is 16.5. The summed E-state index contributed by atoms with van der Waals surface area (Å²) in [6, 6.07) is 14.8. The number of pyridine rings is 1. The van der Waals surface area contributed by atoms with Gasteiger partial charge in [0, 0.05) is 24.4 Å². The first-order valence-corrected chi connectivity index (χ1v) is 9.14. The molecule has 4 nitrogen and oxygen atoms in total. The second kappa shape index (κ2) is 7.18. The molecule has 3 aromatic rings. The van der Waals surface area contributed by atoms with Gasteiger partial charge in [-0.3, -0.25) is 4.98 Å². The Balaban J connectivity index is 1.51. The molecule has 4 rings (SSSR count). The third-order valence-corrected chi connectivity index (χ3v) is 5.42. The van der Waals surface area contributed by atoms with Crippen LogP contribution >= 0.6 is 0 Å². The average molecular weight is 333 g/mol. The van der Waals surface area contributed by atoms with E-state index in [1.54, 1.807) is 12.4 Å². The summed E-state index contributed by atoms with van der Waals surface area (Å²) in [5, 5.41) is 4.13. The van der Waals surface area contributed by atoms with Crippen LogP contribution in [0.1, 0.15) is 50.0 Å². The molecule has 0 N–H and O–H groups in total. The van der Waals surface area contributed by atoms with Gasteiger partial charge in [-0.05, 0) is 42.4 Å². The van der Waals surface area contributed by atoms with Crippen molar-refractivity contribution in [2.24, 2.45) is 0 Å². The first kappa shape index (κ1) is 16.0. The van der Waals surface area contributed by atoms with Crippen LogP contribution in [-0.2, 0) is 11.8 Å². The molecular formula is C21H23N3O. The van der Waals surface area contributed by atoms with Gasteiger partial charge in [-0.25, -0.2) is 0 Å². The number of aromatic nitrogens is 3. The topological polar surface area (TPSA) is 51.8 Å². The van der Waals surface area contributed by atoms with Gasteiger partial charge in [0.15, 0.2) is 0 Å². The van der Waals surface area contributed by atoms with Crippen molar-refractivity contribution < 1.29 is 4.52 Å². The summed E-state index contributed by atoms with van der Waals surface area (Å²) in [7, 11) is 0. The van der Waals surface area contributed by atoms with Gasteiger partial charge in [-0.2, -0.15) is 4.98 Å². The van der Waals surface area contributed by atoms with Gasteiger partial charge >= 0.3 is 0 Å². The number of benzene rings is 1. The van der Waals surface area contributed by atoms with E-state index in [4.69, 9.17) is 4.52 Å². The van der Waals surface area contributed by atoms with Crippen molar-refractivity contribution in [1.82, 2.24) is 15.1 Å². The Kier molecular flexibility index (Phi) is 4.59. The lowest BCUT2D eigenvalue weighted by Crippen LogP contribution is -2.29. The Morgan fingerprint density at radius 2 is 1.68 bits per heavy atom. The van der Waals surface area contributed by atoms with Crippen molar-refractivity contribution in [1.29, 1.82) is 0 Å². The highest BCUT2D eigenvalue weighted by Crippen LogP contribution is 2.42. The standard InChI is InChI=1S/C21H23N3O/c1-3-7-18(8-4-1)21(12-5-2-6-13-21)14-9-19-23-20(24-25-19)17-10-15-22-16-11-17/h1,3-4,7-8,10-11,15-16H,2,5-6,9,12-14H2. The number of nitrogens with zero attached hydrogens (tertiary/aromatic N) is 3. The molecule has 2 aromatic heterocycles. The van der Waals surface area contributed by atoms with E-state index in [1.165, 1.54) is 37.7 Å². The van der Waals surface area contributed by atoms with E-state index in [-0.39, 0.29) is 5.41 Å². The van der Waals surface area contributed by atoms with Crippen LogP contribution < -0.4 is 0 Å². The summed E-state index contributed by atoms with van der Waals surface area (Å²) in [6.07, 6.45) is 11.9. The van der Waals surface area contributed by atoms with E-state index in [1.807, 2.05) is 12.1 Å². The summed E-state index contributed by atoms with van der Waals surface area (Å²) < 4.78 is 5.51. The van der Waals surface area contributed by atoms with Crippen molar-refractivity contribution >= 4 is 0 Å². The third kappa shape index (κ3) is 3.48. The maximum atomic E-state index is 5.51. The second-order valence-electron chi connectivity index (χ2n) is 6.95. The molecule has 25 heavy (non-hydrogen) atoms. The Labute approximate surface area is 148 Å². The van der Waals surface area contributed by atoms with E-state index in [0.717, 1.165) is 24.3 Å². The van der Waals surface area contributed by atoms with Crippen LogP contribution in [0.5, 0.6) is 0 Å². The number of aryl methyl sites for hydroxylation is 1. The van der Waals surface area contributed by atoms with Crippen molar-refractivity contribution in [2.45, 2.75) is 50.4 Å². The average Bonchev–Trinajstić information content (AvgIpc) is 3.18. The maximum absolute atomic E-state index is 5.51. The molecule has 0 spiro atoms. The molecular weight excluding hydrogens is 310 g/mol. The molecule has 0 amide bonds. The molecule has 0 bridgehead atoms. The first-order chi connectivity index (χ1) is 12.4. The van der Waals surface area contributed by atoms with Crippen LogP contribution in [0.25, 0.3) is 11.4 Å². The molecule has 0 atom stereocenters. The minimum Gasteiger partial charge on any atom is -0.339 e. The molecule has 2 heterocycles. The molecule has 4 heteroatoms.